The molecule has 9 heteroatoms. The fourth-order valence-corrected chi connectivity index (χ4v) is 3.88. The van der Waals surface area contributed by atoms with Crippen molar-refractivity contribution in [3.8, 4) is 33.8 Å². The molecule has 0 saturated heterocycles. The summed E-state index contributed by atoms with van der Waals surface area (Å²) in [5.74, 6) is -0.451. The van der Waals surface area contributed by atoms with E-state index < -0.39 is 17.7 Å². The number of aromatic nitrogens is 4. The first kappa shape index (κ1) is 21.6. The van der Waals surface area contributed by atoms with E-state index in [1.54, 1.807) is 16.7 Å². The van der Waals surface area contributed by atoms with E-state index in [0.717, 1.165) is 11.6 Å². The van der Waals surface area contributed by atoms with Crippen LogP contribution in [-0.2, 0) is 6.18 Å². The van der Waals surface area contributed by atoms with Crippen molar-refractivity contribution in [1.82, 2.24) is 19.4 Å². The third-order valence-electron chi connectivity index (χ3n) is 5.32. The summed E-state index contributed by atoms with van der Waals surface area (Å²) in [6.07, 6.45) is -2.96. The number of nitrogens with two attached hydrogens (primary N) is 1. The molecule has 170 valence electrons. The Morgan fingerprint density at radius 1 is 0.824 bits per heavy atom. The molecule has 5 aromatic rings. The molecule has 0 spiro atoms. The van der Waals surface area contributed by atoms with Gasteiger partial charge >= 0.3 is 6.18 Å². The molecular weight excluding hydrogens is 446 g/mol. The van der Waals surface area contributed by atoms with Gasteiger partial charge in [-0.3, -0.25) is 4.40 Å². The van der Waals surface area contributed by atoms with Crippen LogP contribution in [0.5, 0.6) is 0 Å². The van der Waals surface area contributed by atoms with Crippen molar-refractivity contribution in [3.63, 3.8) is 0 Å². The van der Waals surface area contributed by atoms with Crippen LogP contribution in [0.15, 0.2) is 72.9 Å². The average molecular weight is 463 g/mol. The summed E-state index contributed by atoms with van der Waals surface area (Å²) in [6.45, 7) is 1.48. The first-order chi connectivity index (χ1) is 16.2. The molecular formula is C25H17F4N5. The van der Waals surface area contributed by atoms with Crippen LogP contribution in [0.1, 0.15) is 11.4 Å². The third kappa shape index (κ3) is 3.85. The number of hydrogen-bond acceptors (Lipinski definition) is 4. The molecule has 0 fully saturated rings. The Morgan fingerprint density at radius 2 is 1.56 bits per heavy atom. The zero-order valence-electron chi connectivity index (χ0n) is 17.8. The van der Waals surface area contributed by atoms with Crippen LogP contribution in [0.4, 0.5) is 23.4 Å². The van der Waals surface area contributed by atoms with E-state index in [1.165, 1.54) is 31.2 Å². The SMILES string of the molecule is Cc1cc(-c2c(-c3cccc(F)c3)nc(N)c3nc(-c4ccccc4)cn23)cc(C(F)(F)F)n1. The van der Waals surface area contributed by atoms with Gasteiger partial charge in [0.2, 0.25) is 0 Å². The van der Waals surface area contributed by atoms with Crippen LogP contribution in [0.2, 0.25) is 0 Å². The summed E-state index contributed by atoms with van der Waals surface area (Å²) in [5.41, 5.74) is 8.06. The first-order valence-corrected chi connectivity index (χ1v) is 10.3. The zero-order chi connectivity index (χ0) is 24.0. The number of rotatable bonds is 3. The van der Waals surface area contributed by atoms with Crippen molar-refractivity contribution in [2.24, 2.45) is 0 Å². The molecule has 5 rings (SSSR count). The third-order valence-corrected chi connectivity index (χ3v) is 5.32. The molecule has 0 unspecified atom stereocenters. The fraction of sp³-hybridized carbons (Fsp3) is 0.0800. The van der Waals surface area contributed by atoms with Crippen LogP contribution < -0.4 is 5.73 Å². The number of fused-ring (bicyclic) bond motifs is 1. The number of pyridine rings is 1. The lowest BCUT2D eigenvalue weighted by molar-refractivity contribution is -0.141. The molecule has 0 aliphatic carbocycles. The number of halogens is 4. The Hall–Kier alpha value is -4.27. The number of anilines is 1. The van der Waals surface area contributed by atoms with Crippen LogP contribution >= 0.6 is 0 Å². The number of nitrogens with zero attached hydrogens (tertiary/aromatic N) is 4. The second kappa shape index (κ2) is 7.95. The summed E-state index contributed by atoms with van der Waals surface area (Å²) < 4.78 is 56.4. The van der Waals surface area contributed by atoms with Crippen LogP contribution in [0.3, 0.4) is 0 Å². The number of hydrogen-bond donors (Lipinski definition) is 1. The maximum Gasteiger partial charge on any atom is 0.433 e. The molecule has 3 heterocycles. The number of imidazole rings is 1. The molecule has 0 saturated carbocycles. The number of benzene rings is 2. The lowest BCUT2D eigenvalue weighted by atomic mass is 10.0. The smallest absolute Gasteiger partial charge is 0.381 e. The van der Waals surface area contributed by atoms with E-state index in [9.17, 15) is 17.6 Å². The highest BCUT2D eigenvalue weighted by Gasteiger charge is 2.33. The lowest BCUT2D eigenvalue weighted by Crippen LogP contribution is -2.10. The van der Waals surface area contributed by atoms with Gasteiger partial charge in [0.05, 0.1) is 17.1 Å². The topological polar surface area (TPSA) is 69.1 Å². The minimum absolute atomic E-state index is 0.0621. The van der Waals surface area contributed by atoms with E-state index in [4.69, 9.17) is 5.73 Å². The first-order valence-electron chi connectivity index (χ1n) is 10.3. The summed E-state index contributed by atoms with van der Waals surface area (Å²) in [6, 6.07) is 17.4. The fourth-order valence-electron chi connectivity index (χ4n) is 3.88. The minimum Gasteiger partial charge on any atom is -0.381 e. The minimum atomic E-state index is -4.65. The quantitative estimate of drug-likeness (QED) is 0.325. The molecule has 3 aromatic heterocycles. The molecule has 0 amide bonds. The summed E-state index contributed by atoms with van der Waals surface area (Å²) in [5, 5.41) is 0. The highest BCUT2D eigenvalue weighted by Crippen LogP contribution is 2.37. The van der Waals surface area contributed by atoms with Gasteiger partial charge in [-0.05, 0) is 31.2 Å². The van der Waals surface area contributed by atoms with Gasteiger partial charge in [-0.2, -0.15) is 13.2 Å². The van der Waals surface area contributed by atoms with Crippen molar-refractivity contribution in [1.29, 1.82) is 0 Å². The highest BCUT2D eigenvalue weighted by molar-refractivity contribution is 5.84. The number of aryl methyl sites for hydroxylation is 1. The molecule has 2 aromatic carbocycles. The van der Waals surface area contributed by atoms with Gasteiger partial charge in [0.25, 0.3) is 0 Å². The maximum absolute atomic E-state index is 14.1. The van der Waals surface area contributed by atoms with Crippen LogP contribution in [0.25, 0.3) is 39.4 Å². The molecule has 0 radical (unpaired) electrons. The lowest BCUT2D eigenvalue weighted by Gasteiger charge is -2.15. The van der Waals surface area contributed by atoms with Crippen molar-refractivity contribution >= 4 is 11.5 Å². The van der Waals surface area contributed by atoms with Gasteiger partial charge in [-0.15, -0.1) is 0 Å². The van der Waals surface area contributed by atoms with Crippen molar-refractivity contribution in [2.75, 3.05) is 5.73 Å². The van der Waals surface area contributed by atoms with Gasteiger partial charge in [-0.25, -0.2) is 19.3 Å². The van der Waals surface area contributed by atoms with Crippen LogP contribution in [0, 0.1) is 12.7 Å². The average Bonchev–Trinajstić information content (AvgIpc) is 3.24. The zero-order valence-corrected chi connectivity index (χ0v) is 17.8. The second-order valence-corrected chi connectivity index (χ2v) is 7.77. The Bertz CT molecular complexity index is 1520. The molecule has 2 N–H and O–H groups in total. The van der Waals surface area contributed by atoms with E-state index in [2.05, 4.69) is 15.0 Å². The number of alkyl halides is 3. The summed E-state index contributed by atoms with van der Waals surface area (Å²) in [7, 11) is 0. The van der Waals surface area contributed by atoms with Gasteiger partial charge < -0.3 is 5.73 Å². The molecule has 5 nitrogen and oxygen atoms in total. The predicted octanol–water partition coefficient (Wildman–Crippen LogP) is 6.17. The summed E-state index contributed by atoms with van der Waals surface area (Å²) >= 11 is 0. The number of nitrogen functional groups attached to an aromatic ring is 1. The normalized spacial score (nSPS) is 11.8. The monoisotopic (exact) mass is 463 g/mol. The molecule has 0 aliphatic heterocycles. The Morgan fingerprint density at radius 3 is 2.26 bits per heavy atom. The van der Waals surface area contributed by atoms with Crippen LogP contribution in [-0.4, -0.2) is 19.4 Å². The standard InChI is InChI=1S/C25H17F4N5/c1-14-10-17(12-20(31-14)25(27,28)29)22-21(16-8-5-9-18(26)11-16)33-23(30)24-32-19(13-34(22)24)15-6-3-2-4-7-15/h2-13H,1H3,(H2,30,33). The van der Waals surface area contributed by atoms with Gasteiger partial charge in [-0.1, -0.05) is 42.5 Å². The van der Waals surface area contributed by atoms with Gasteiger partial charge in [0.15, 0.2) is 11.5 Å². The van der Waals surface area contributed by atoms with Gasteiger partial charge in [0.1, 0.15) is 11.5 Å². The van der Waals surface area contributed by atoms with Gasteiger partial charge in [0, 0.05) is 28.6 Å². The molecule has 0 atom stereocenters. The Labute approximate surface area is 191 Å². The molecule has 34 heavy (non-hydrogen) atoms. The largest absolute Gasteiger partial charge is 0.433 e. The van der Waals surface area contributed by atoms with Crippen molar-refractivity contribution < 1.29 is 17.6 Å². The Kier molecular flexibility index (Phi) is 5.04. The maximum atomic E-state index is 14.1. The van der Waals surface area contributed by atoms with E-state index in [-0.39, 0.29) is 28.4 Å². The van der Waals surface area contributed by atoms with E-state index >= 15 is 0 Å². The molecule has 0 aliphatic rings. The Balaban J connectivity index is 1.88. The summed E-state index contributed by atoms with van der Waals surface area (Å²) in [4.78, 5) is 12.7. The predicted molar refractivity (Wildman–Crippen MR) is 121 cm³/mol. The molecule has 0 bridgehead atoms. The second-order valence-electron chi connectivity index (χ2n) is 7.77. The van der Waals surface area contributed by atoms with E-state index in [1.807, 2.05) is 30.3 Å². The van der Waals surface area contributed by atoms with E-state index in [0.29, 0.717) is 17.0 Å². The van der Waals surface area contributed by atoms with Crippen molar-refractivity contribution in [3.05, 3.63) is 90.1 Å². The van der Waals surface area contributed by atoms with Crippen molar-refractivity contribution in [2.45, 2.75) is 13.1 Å². The highest BCUT2D eigenvalue weighted by atomic mass is 19.4.